The molecule has 2 atom stereocenters. The van der Waals surface area contributed by atoms with Crippen molar-refractivity contribution in [2.45, 2.75) is 36.7 Å². The molecule has 0 fully saturated rings. The van der Waals surface area contributed by atoms with Crippen molar-refractivity contribution in [3.63, 3.8) is 0 Å². The van der Waals surface area contributed by atoms with E-state index in [4.69, 9.17) is 24.7 Å². The molecule has 0 aromatic heterocycles. The van der Waals surface area contributed by atoms with Gasteiger partial charge < -0.3 is 29.6 Å². The van der Waals surface area contributed by atoms with Crippen LogP contribution in [-0.4, -0.2) is 66.0 Å². The van der Waals surface area contributed by atoms with E-state index in [0.29, 0.717) is 40.7 Å². The van der Waals surface area contributed by atoms with Gasteiger partial charge >= 0.3 is 0 Å². The molecule has 0 spiro atoms. The summed E-state index contributed by atoms with van der Waals surface area (Å²) in [6.45, 7) is 1.74. The van der Waals surface area contributed by atoms with Crippen LogP contribution >= 0.6 is 0 Å². The van der Waals surface area contributed by atoms with Crippen molar-refractivity contribution in [3.05, 3.63) is 71.3 Å². The molecule has 0 saturated heterocycles. The lowest BCUT2D eigenvalue weighted by molar-refractivity contribution is -0.135. The molecule has 0 bridgehead atoms. The zero-order valence-corrected chi connectivity index (χ0v) is 25.0. The van der Waals surface area contributed by atoms with E-state index in [0.717, 1.165) is 11.1 Å². The van der Waals surface area contributed by atoms with E-state index in [1.807, 2.05) is 6.07 Å². The number of hydrogen-bond donors (Lipinski definition) is 2. The van der Waals surface area contributed by atoms with Crippen LogP contribution in [0.25, 0.3) is 0 Å². The Morgan fingerprint density at radius 1 is 0.905 bits per heavy atom. The summed E-state index contributed by atoms with van der Waals surface area (Å²) in [5.74, 6) is 1.15. The number of hydrogen-bond acceptors (Lipinski definition) is 9. The van der Waals surface area contributed by atoms with Crippen LogP contribution in [0, 0.1) is 0 Å². The standard InChI is InChI=1S/C30H35N3O8S/c1-18(32-42(36,37)22-9-7-21(31)8-10-22)30(35)33-13-12-19-14-28(40-4)29(41-5)16-23(19)24(33)17-25(34)20-6-11-26(38-2)27(15-20)39-3/h6-11,14-16,18,24,32H,12-13,17,31H2,1-5H3/t18-,24?/m0/s1. The molecule has 3 aromatic rings. The Labute approximate surface area is 245 Å². The fraction of sp³-hybridized carbons (Fsp3) is 0.333. The fourth-order valence-electron chi connectivity index (χ4n) is 5.06. The van der Waals surface area contributed by atoms with Crippen molar-refractivity contribution in [3.8, 4) is 23.0 Å². The number of nitrogens with one attached hydrogen (secondary N) is 1. The second kappa shape index (κ2) is 12.7. The first-order valence-electron chi connectivity index (χ1n) is 13.2. The number of methoxy groups -OCH3 is 4. The molecule has 3 aromatic carbocycles. The van der Waals surface area contributed by atoms with Gasteiger partial charge in [-0.05, 0) is 79.1 Å². The lowest BCUT2D eigenvalue weighted by atomic mass is 9.87. The van der Waals surface area contributed by atoms with Crippen molar-refractivity contribution >= 4 is 27.4 Å². The Bertz CT molecular complexity index is 1570. The predicted octanol–water partition coefficient (Wildman–Crippen LogP) is 3.37. The van der Waals surface area contributed by atoms with Crippen LogP contribution in [-0.2, 0) is 21.2 Å². The van der Waals surface area contributed by atoms with Gasteiger partial charge in [-0.2, -0.15) is 4.72 Å². The summed E-state index contributed by atoms with van der Waals surface area (Å²) in [6, 6.07) is 12.4. The Morgan fingerprint density at radius 2 is 1.50 bits per heavy atom. The quantitative estimate of drug-likeness (QED) is 0.251. The number of rotatable bonds is 11. The number of sulfonamides is 1. The monoisotopic (exact) mass is 597 g/mol. The highest BCUT2D eigenvalue weighted by Gasteiger charge is 2.37. The van der Waals surface area contributed by atoms with Gasteiger partial charge in [0.05, 0.1) is 45.4 Å². The van der Waals surface area contributed by atoms with Crippen LogP contribution < -0.4 is 29.4 Å². The molecule has 0 aliphatic carbocycles. The normalized spacial score (nSPS) is 15.4. The average molecular weight is 598 g/mol. The van der Waals surface area contributed by atoms with Crippen molar-refractivity contribution in [2.24, 2.45) is 0 Å². The summed E-state index contributed by atoms with van der Waals surface area (Å²) >= 11 is 0. The van der Waals surface area contributed by atoms with Crippen LogP contribution in [0.5, 0.6) is 23.0 Å². The number of benzene rings is 3. The van der Waals surface area contributed by atoms with Gasteiger partial charge in [-0.3, -0.25) is 9.59 Å². The number of fused-ring (bicyclic) bond motifs is 1. The maximum atomic E-state index is 13.8. The largest absolute Gasteiger partial charge is 0.493 e. The summed E-state index contributed by atoms with van der Waals surface area (Å²) in [5.41, 5.74) is 8.10. The van der Waals surface area contributed by atoms with Gasteiger partial charge in [0.25, 0.3) is 0 Å². The van der Waals surface area contributed by atoms with Crippen LogP contribution in [0.2, 0.25) is 0 Å². The lowest BCUT2D eigenvalue weighted by Crippen LogP contribution is -2.50. The molecule has 1 unspecified atom stereocenters. The summed E-state index contributed by atoms with van der Waals surface area (Å²) in [4.78, 5) is 29.0. The Balaban J connectivity index is 1.68. The smallest absolute Gasteiger partial charge is 0.241 e. The number of nitrogen functional groups attached to an aromatic ring is 1. The molecular formula is C30H35N3O8S. The number of ether oxygens (including phenoxy) is 4. The van der Waals surface area contributed by atoms with Gasteiger partial charge in [0.2, 0.25) is 15.9 Å². The summed E-state index contributed by atoms with van der Waals surface area (Å²) in [5, 5.41) is 0. The molecule has 1 aliphatic rings. The minimum absolute atomic E-state index is 0.0163. The molecule has 4 rings (SSSR count). The third kappa shape index (κ3) is 6.29. The van der Waals surface area contributed by atoms with E-state index in [2.05, 4.69) is 4.72 Å². The molecular weight excluding hydrogens is 562 g/mol. The van der Waals surface area contributed by atoms with Gasteiger partial charge in [0.15, 0.2) is 28.8 Å². The minimum atomic E-state index is -4.02. The van der Waals surface area contributed by atoms with Gasteiger partial charge in [-0.1, -0.05) is 0 Å². The van der Waals surface area contributed by atoms with Gasteiger partial charge in [-0.25, -0.2) is 8.42 Å². The van der Waals surface area contributed by atoms with Gasteiger partial charge in [0.1, 0.15) is 0 Å². The number of carbonyl (C=O) groups is 2. The van der Waals surface area contributed by atoms with E-state index in [-0.39, 0.29) is 23.6 Å². The topological polar surface area (TPSA) is 146 Å². The van der Waals surface area contributed by atoms with E-state index >= 15 is 0 Å². The number of nitrogens with zero attached hydrogens (tertiary/aromatic N) is 1. The van der Waals surface area contributed by atoms with Crippen molar-refractivity contribution in [2.75, 3.05) is 40.7 Å². The average Bonchev–Trinajstić information content (AvgIpc) is 2.99. The predicted molar refractivity (Wildman–Crippen MR) is 157 cm³/mol. The van der Waals surface area contributed by atoms with Gasteiger partial charge in [-0.15, -0.1) is 0 Å². The van der Waals surface area contributed by atoms with Gasteiger partial charge in [0, 0.05) is 24.2 Å². The van der Waals surface area contributed by atoms with Crippen LogP contribution in [0.3, 0.4) is 0 Å². The zero-order valence-electron chi connectivity index (χ0n) is 24.2. The molecule has 1 heterocycles. The summed E-state index contributed by atoms with van der Waals surface area (Å²) < 4.78 is 50.2. The van der Waals surface area contributed by atoms with Crippen LogP contribution in [0.15, 0.2) is 59.5 Å². The number of anilines is 1. The molecule has 42 heavy (non-hydrogen) atoms. The molecule has 11 nitrogen and oxygen atoms in total. The summed E-state index contributed by atoms with van der Waals surface area (Å²) in [6.07, 6.45) is 0.404. The first-order chi connectivity index (χ1) is 20.0. The Morgan fingerprint density at radius 3 is 2.12 bits per heavy atom. The number of carbonyl (C=O) groups excluding carboxylic acids is 2. The zero-order chi connectivity index (χ0) is 30.6. The number of amides is 1. The van der Waals surface area contributed by atoms with Crippen LogP contribution in [0.4, 0.5) is 5.69 Å². The molecule has 224 valence electrons. The molecule has 1 aliphatic heterocycles. The highest BCUT2D eigenvalue weighted by molar-refractivity contribution is 7.89. The third-order valence-electron chi connectivity index (χ3n) is 7.26. The van der Waals surface area contributed by atoms with E-state index in [9.17, 15) is 18.0 Å². The SMILES string of the molecule is COc1ccc(C(=O)CC2c3cc(OC)c(OC)cc3CCN2C(=O)[C@H](C)NS(=O)(=O)c2ccc(N)cc2)cc1OC. The Kier molecular flexibility index (Phi) is 9.27. The van der Waals surface area contributed by atoms with Crippen molar-refractivity contribution < 1.29 is 37.0 Å². The van der Waals surface area contributed by atoms with E-state index in [1.54, 1.807) is 29.2 Å². The number of ketones is 1. The number of nitrogens with two attached hydrogens (primary N) is 1. The third-order valence-corrected chi connectivity index (χ3v) is 8.82. The molecule has 1 amide bonds. The van der Waals surface area contributed by atoms with E-state index < -0.39 is 28.0 Å². The summed E-state index contributed by atoms with van der Waals surface area (Å²) in [7, 11) is 2.01. The maximum Gasteiger partial charge on any atom is 0.241 e. The first kappa shape index (κ1) is 30.7. The lowest BCUT2D eigenvalue weighted by Gasteiger charge is -2.39. The second-order valence-corrected chi connectivity index (χ2v) is 11.5. The molecule has 0 radical (unpaired) electrons. The van der Waals surface area contributed by atoms with E-state index in [1.165, 1.54) is 59.6 Å². The van der Waals surface area contributed by atoms with Crippen molar-refractivity contribution in [1.29, 1.82) is 0 Å². The fourth-order valence-corrected chi connectivity index (χ4v) is 6.26. The molecule has 12 heteroatoms. The maximum absolute atomic E-state index is 13.8. The Hall–Kier alpha value is -4.29. The molecule has 0 saturated carbocycles. The second-order valence-electron chi connectivity index (χ2n) is 9.81. The molecule has 3 N–H and O–H groups in total. The minimum Gasteiger partial charge on any atom is -0.493 e. The van der Waals surface area contributed by atoms with Crippen molar-refractivity contribution in [1.82, 2.24) is 9.62 Å². The highest BCUT2D eigenvalue weighted by Crippen LogP contribution is 2.40. The number of Topliss-reactive ketones (excluding diaryl/α,β-unsaturated/α-hetero) is 1. The van der Waals surface area contributed by atoms with Crippen LogP contribution in [0.1, 0.15) is 40.9 Å². The highest BCUT2D eigenvalue weighted by atomic mass is 32.2. The first-order valence-corrected chi connectivity index (χ1v) is 14.7.